The lowest BCUT2D eigenvalue weighted by Gasteiger charge is -2.38. The molecule has 0 saturated carbocycles. The Kier molecular flexibility index (Phi) is 3.00. The van der Waals surface area contributed by atoms with Gasteiger partial charge in [0.25, 0.3) is 0 Å². The summed E-state index contributed by atoms with van der Waals surface area (Å²) in [5.41, 5.74) is -0.421. The zero-order chi connectivity index (χ0) is 11.5. The summed E-state index contributed by atoms with van der Waals surface area (Å²) in [4.78, 5) is 28.1. The standard InChI is InChI=1S/C10H13N3O3/c14-7-8-4-13(5-8)9(15)6-12-3-1-2-11-10(12)16/h1-3,8,14H,4-7H2. The van der Waals surface area contributed by atoms with Crippen LogP contribution in [0, 0.1) is 5.92 Å². The molecular formula is C10H13N3O3. The maximum absolute atomic E-state index is 11.7. The van der Waals surface area contributed by atoms with Gasteiger partial charge in [-0.05, 0) is 6.07 Å². The molecule has 1 amide bonds. The van der Waals surface area contributed by atoms with Crippen molar-refractivity contribution in [3.05, 3.63) is 28.9 Å². The highest BCUT2D eigenvalue weighted by molar-refractivity contribution is 5.76. The average Bonchev–Trinajstić information content (AvgIpc) is 2.20. The Morgan fingerprint density at radius 2 is 2.31 bits per heavy atom. The second kappa shape index (κ2) is 4.44. The van der Waals surface area contributed by atoms with Crippen molar-refractivity contribution in [1.29, 1.82) is 0 Å². The molecule has 1 N–H and O–H groups in total. The quantitative estimate of drug-likeness (QED) is 0.690. The minimum Gasteiger partial charge on any atom is -0.396 e. The van der Waals surface area contributed by atoms with E-state index in [1.165, 1.54) is 17.0 Å². The van der Waals surface area contributed by atoms with Gasteiger partial charge < -0.3 is 10.0 Å². The van der Waals surface area contributed by atoms with Crippen molar-refractivity contribution in [2.75, 3.05) is 19.7 Å². The van der Waals surface area contributed by atoms with E-state index in [9.17, 15) is 9.59 Å². The van der Waals surface area contributed by atoms with Crippen molar-refractivity contribution >= 4 is 5.91 Å². The highest BCUT2D eigenvalue weighted by Gasteiger charge is 2.29. The number of carbonyl (C=O) groups is 1. The third-order valence-corrected chi connectivity index (χ3v) is 2.66. The number of aromatic nitrogens is 2. The van der Waals surface area contributed by atoms with Gasteiger partial charge in [-0.2, -0.15) is 0 Å². The summed E-state index contributed by atoms with van der Waals surface area (Å²) in [6.07, 6.45) is 2.94. The molecule has 0 unspecified atom stereocenters. The highest BCUT2D eigenvalue weighted by Crippen LogP contribution is 2.14. The Morgan fingerprint density at radius 3 is 2.94 bits per heavy atom. The van der Waals surface area contributed by atoms with Gasteiger partial charge in [-0.1, -0.05) is 0 Å². The third kappa shape index (κ3) is 2.11. The van der Waals surface area contributed by atoms with Crippen molar-refractivity contribution in [2.24, 2.45) is 5.92 Å². The van der Waals surface area contributed by atoms with E-state index < -0.39 is 5.69 Å². The highest BCUT2D eigenvalue weighted by atomic mass is 16.3. The van der Waals surface area contributed by atoms with Crippen LogP contribution in [-0.2, 0) is 11.3 Å². The number of aliphatic hydroxyl groups is 1. The molecule has 1 fully saturated rings. The lowest BCUT2D eigenvalue weighted by Crippen LogP contribution is -2.52. The Labute approximate surface area is 92.1 Å². The zero-order valence-electron chi connectivity index (χ0n) is 8.74. The molecule has 6 heteroatoms. The molecule has 0 atom stereocenters. The summed E-state index contributed by atoms with van der Waals surface area (Å²) >= 11 is 0. The second-order valence-corrected chi connectivity index (χ2v) is 3.88. The van der Waals surface area contributed by atoms with Crippen LogP contribution < -0.4 is 5.69 Å². The lowest BCUT2D eigenvalue weighted by molar-refractivity contribution is -0.139. The largest absolute Gasteiger partial charge is 0.396 e. The number of likely N-dealkylation sites (tertiary alicyclic amines) is 1. The third-order valence-electron chi connectivity index (χ3n) is 2.66. The van der Waals surface area contributed by atoms with Crippen molar-refractivity contribution in [3.8, 4) is 0 Å². The van der Waals surface area contributed by atoms with E-state index in [0.717, 1.165) is 0 Å². The van der Waals surface area contributed by atoms with Crippen LogP contribution in [0.15, 0.2) is 23.3 Å². The van der Waals surface area contributed by atoms with E-state index in [-0.39, 0.29) is 25.0 Å². The van der Waals surface area contributed by atoms with Gasteiger partial charge in [0.2, 0.25) is 5.91 Å². The molecule has 2 heterocycles. The van der Waals surface area contributed by atoms with E-state index in [2.05, 4.69) is 4.98 Å². The van der Waals surface area contributed by atoms with E-state index in [4.69, 9.17) is 5.11 Å². The molecule has 1 saturated heterocycles. The minimum absolute atomic E-state index is 0.0187. The smallest absolute Gasteiger partial charge is 0.347 e. The Hall–Kier alpha value is -1.69. The van der Waals surface area contributed by atoms with Crippen molar-refractivity contribution in [3.63, 3.8) is 0 Å². The van der Waals surface area contributed by atoms with Gasteiger partial charge in [-0.15, -0.1) is 0 Å². The molecular weight excluding hydrogens is 210 g/mol. The topological polar surface area (TPSA) is 75.4 Å². The minimum atomic E-state index is -0.421. The molecule has 86 valence electrons. The van der Waals surface area contributed by atoms with Gasteiger partial charge in [0.05, 0.1) is 0 Å². The van der Waals surface area contributed by atoms with E-state index in [1.807, 2.05) is 0 Å². The zero-order valence-corrected chi connectivity index (χ0v) is 8.74. The maximum atomic E-state index is 11.7. The summed E-state index contributed by atoms with van der Waals surface area (Å²) in [5, 5.41) is 8.82. The molecule has 0 spiro atoms. The second-order valence-electron chi connectivity index (χ2n) is 3.88. The summed E-state index contributed by atoms with van der Waals surface area (Å²) < 4.78 is 1.27. The van der Waals surface area contributed by atoms with Crippen LogP contribution in [0.5, 0.6) is 0 Å². The fourth-order valence-corrected chi connectivity index (χ4v) is 1.64. The molecule has 6 nitrogen and oxygen atoms in total. The monoisotopic (exact) mass is 223 g/mol. The van der Waals surface area contributed by atoms with Crippen LogP contribution >= 0.6 is 0 Å². The first-order valence-electron chi connectivity index (χ1n) is 5.11. The molecule has 1 aromatic rings. The van der Waals surface area contributed by atoms with Crippen LogP contribution in [0.2, 0.25) is 0 Å². The molecule has 0 aliphatic carbocycles. The maximum Gasteiger partial charge on any atom is 0.347 e. The predicted octanol–water partition coefficient (Wildman–Crippen LogP) is -1.31. The fraction of sp³-hybridized carbons (Fsp3) is 0.500. The van der Waals surface area contributed by atoms with Crippen molar-refractivity contribution < 1.29 is 9.90 Å². The SMILES string of the molecule is O=C(Cn1cccnc1=O)N1CC(CO)C1. The van der Waals surface area contributed by atoms with Crippen LogP contribution in [0.25, 0.3) is 0 Å². The number of aliphatic hydroxyl groups excluding tert-OH is 1. The van der Waals surface area contributed by atoms with Crippen LogP contribution in [-0.4, -0.2) is 45.2 Å². The Morgan fingerprint density at radius 1 is 1.56 bits per heavy atom. The van der Waals surface area contributed by atoms with Gasteiger partial charge in [0, 0.05) is 38.0 Å². The van der Waals surface area contributed by atoms with E-state index in [0.29, 0.717) is 13.1 Å². The summed E-state index contributed by atoms with van der Waals surface area (Å²) in [7, 11) is 0. The Bertz CT molecular complexity index is 437. The van der Waals surface area contributed by atoms with Crippen LogP contribution in [0.1, 0.15) is 0 Å². The number of nitrogens with zero attached hydrogens (tertiary/aromatic N) is 3. The normalized spacial score (nSPS) is 15.9. The number of hydrogen-bond acceptors (Lipinski definition) is 4. The first-order valence-corrected chi connectivity index (χ1v) is 5.11. The van der Waals surface area contributed by atoms with Gasteiger partial charge in [0.15, 0.2) is 0 Å². The summed E-state index contributed by atoms with van der Waals surface area (Å²) in [6, 6.07) is 1.61. The van der Waals surface area contributed by atoms with Gasteiger partial charge in [-0.25, -0.2) is 9.78 Å². The van der Waals surface area contributed by atoms with Crippen LogP contribution in [0.4, 0.5) is 0 Å². The summed E-state index contributed by atoms with van der Waals surface area (Å²) in [6.45, 7) is 1.27. The molecule has 0 bridgehead atoms. The molecule has 1 aliphatic rings. The summed E-state index contributed by atoms with van der Waals surface area (Å²) in [5.74, 6) is 0.0781. The fourth-order valence-electron chi connectivity index (χ4n) is 1.64. The molecule has 1 aliphatic heterocycles. The molecule has 0 radical (unpaired) electrons. The first kappa shape index (κ1) is 10.8. The van der Waals surface area contributed by atoms with Crippen molar-refractivity contribution in [1.82, 2.24) is 14.5 Å². The average molecular weight is 223 g/mol. The molecule has 0 aromatic carbocycles. The van der Waals surface area contributed by atoms with Gasteiger partial charge >= 0.3 is 5.69 Å². The number of carbonyl (C=O) groups excluding carboxylic acids is 1. The van der Waals surface area contributed by atoms with Crippen molar-refractivity contribution in [2.45, 2.75) is 6.54 Å². The van der Waals surface area contributed by atoms with Gasteiger partial charge in [-0.3, -0.25) is 9.36 Å². The Balaban J connectivity index is 1.94. The number of amides is 1. The molecule has 2 rings (SSSR count). The lowest BCUT2D eigenvalue weighted by atomic mass is 10.0. The van der Waals surface area contributed by atoms with E-state index in [1.54, 1.807) is 11.0 Å². The van der Waals surface area contributed by atoms with E-state index >= 15 is 0 Å². The molecule has 16 heavy (non-hydrogen) atoms. The predicted molar refractivity (Wildman–Crippen MR) is 55.7 cm³/mol. The number of hydrogen-bond donors (Lipinski definition) is 1. The number of rotatable bonds is 3. The first-order chi connectivity index (χ1) is 7.70. The van der Waals surface area contributed by atoms with Gasteiger partial charge in [0.1, 0.15) is 6.54 Å². The van der Waals surface area contributed by atoms with Crippen LogP contribution in [0.3, 0.4) is 0 Å². The molecule has 1 aromatic heterocycles.